The summed E-state index contributed by atoms with van der Waals surface area (Å²) in [6, 6.07) is 5.76. The van der Waals surface area contributed by atoms with Crippen LogP contribution >= 0.6 is 11.8 Å². The molecule has 0 bridgehead atoms. The van der Waals surface area contributed by atoms with Gasteiger partial charge in [-0.1, -0.05) is 18.1 Å². The molecule has 1 fully saturated rings. The molecular weight excluding hydrogens is 288 g/mol. The molecule has 1 aliphatic rings. The van der Waals surface area contributed by atoms with Gasteiger partial charge in [-0.25, -0.2) is 0 Å². The van der Waals surface area contributed by atoms with Gasteiger partial charge >= 0.3 is 0 Å². The Morgan fingerprint density at radius 2 is 2.24 bits per heavy atom. The fourth-order valence-electron chi connectivity index (χ4n) is 2.33. The Morgan fingerprint density at radius 1 is 1.48 bits per heavy atom. The van der Waals surface area contributed by atoms with Crippen molar-refractivity contribution in [2.75, 3.05) is 25.6 Å². The van der Waals surface area contributed by atoms with Crippen molar-refractivity contribution in [3.63, 3.8) is 0 Å². The van der Waals surface area contributed by atoms with Crippen molar-refractivity contribution in [3.8, 4) is 5.75 Å². The first kappa shape index (κ1) is 16.0. The van der Waals surface area contributed by atoms with Crippen molar-refractivity contribution in [3.05, 3.63) is 23.8 Å². The molecular formula is C15H22N2O3S. The number of thioether (sulfide) groups is 1. The van der Waals surface area contributed by atoms with Crippen molar-refractivity contribution < 1.29 is 14.7 Å². The molecule has 3 N–H and O–H groups in total. The van der Waals surface area contributed by atoms with E-state index in [2.05, 4.69) is 12.1 Å². The maximum atomic E-state index is 9.00. The van der Waals surface area contributed by atoms with E-state index in [0.717, 1.165) is 36.7 Å². The van der Waals surface area contributed by atoms with Gasteiger partial charge in [0.25, 0.3) is 0 Å². The summed E-state index contributed by atoms with van der Waals surface area (Å²) in [6.45, 7) is 4.30. The molecule has 1 aliphatic heterocycles. The number of ether oxygens (including phenoxy) is 2. The van der Waals surface area contributed by atoms with E-state index < -0.39 is 0 Å². The van der Waals surface area contributed by atoms with Gasteiger partial charge in [0, 0.05) is 18.1 Å². The molecule has 0 amide bonds. The summed E-state index contributed by atoms with van der Waals surface area (Å²) in [6.07, 6.45) is 2.03. The van der Waals surface area contributed by atoms with Crippen LogP contribution in [-0.2, 0) is 4.74 Å². The number of hydrogen-bond acceptors (Lipinski definition) is 5. The molecule has 1 heterocycles. The normalized spacial score (nSPS) is 16.9. The lowest BCUT2D eigenvalue weighted by Crippen LogP contribution is -2.23. The Labute approximate surface area is 129 Å². The molecule has 2 rings (SSSR count). The number of amidine groups is 1. The highest BCUT2D eigenvalue weighted by Crippen LogP contribution is 2.30. The molecule has 1 saturated heterocycles. The predicted molar refractivity (Wildman–Crippen MR) is 84.4 cm³/mol. The Bertz CT molecular complexity index is 488. The Kier molecular flexibility index (Phi) is 6.20. The molecule has 116 valence electrons. The van der Waals surface area contributed by atoms with Crippen LogP contribution in [0, 0.1) is 5.92 Å². The van der Waals surface area contributed by atoms with Gasteiger partial charge in [0.15, 0.2) is 5.84 Å². The van der Waals surface area contributed by atoms with Crippen molar-refractivity contribution >= 4 is 17.6 Å². The summed E-state index contributed by atoms with van der Waals surface area (Å²) in [5.74, 6) is 2.18. The van der Waals surface area contributed by atoms with Gasteiger partial charge in [-0.05, 0) is 36.6 Å². The monoisotopic (exact) mass is 310 g/mol. The van der Waals surface area contributed by atoms with Crippen molar-refractivity contribution in [2.24, 2.45) is 16.8 Å². The lowest BCUT2D eigenvalue weighted by molar-refractivity contribution is 0.0497. The van der Waals surface area contributed by atoms with Crippen LogP contribution in [0.3, 0.4) is 0 Å². The van der Waals surface area contributed by atoms with E-state index in [1.807, 2.05) is 18.2 Å². The second kappa shape index (κ2) is 8.14. The van der Waals surface area contributed by atoms with Crippen LogP contribution in [0.15, 0.2) is 28.3 Å². The summed E-state index contributed by atoms with van der Waals surface area (Å²) in [5, 5.41) is 12.1. The van der Waals surface area contributed by atoms with E-state index in [-0.39, 0.29) is 5.84 Å². The Hall–Kier alpha value is -1.40. The molecule has 0 saturated carbocycles. The van der Waals surface area contributed by atoms with Gasteiger partial charge in [-0.2, -0.15) is 0 Å². The molecule has 0 aliphatic carbocycles. The molecule has 0 radical (unpaired) electrons. The van der Waals surface area contributed by atoms with Crippen LogP contribution in [-0.4, -0.2) is 36.6 Å². The number of rotatable bonds is 6. The highest BCUT2D eigenvalue weighted by Gasteiger charge is 2.18. The minimum atomic E-state index is 0.0912. The van der Waals surface area contributed by atoms with Crippen LogP contribution in [0.1, 0.15) is 25.3 Å². The highest BCUT2D eigenvalue weighted by atomic mass is 32.2. The van der Waals surface area contributed by atoms with Crippen LogP contribution < -0.4 is 10.5 Å². The minimum absolute atomic E-state index is 0.0912. The van der Waals surface area contributed by atoms with Crippen LogP contribution in [0.5, 0.6) is 5.75 Å². The van der Waals surface area contributed by atoms with E-state index >= 15 is 0 Å². The molecule has 5 nitrogen and oxygen atoms in total. The molecule has 0 aromatic heterocycles. The van der Waals surface area contributed by atoms with E-state index in [4.69, 9.17) is 20.4 Å². The van der Waals surface area contributed by atoms with Gasteiger partial charge in [0.2, 0.25) is 0 Å². The van der Waals surface area contributed by atoms with Crippen LogP contribution in [0.4, 0.5) is 0 Å². The average Bonchev–Trinajstić information content (AvgIpc) is 2.53. The van der Waals surface area contributed by atoms with Gasteiger partial charge in [0.1, 0.15) is 5.75 Å². The molecule has 1 aromatic rings. The Balaban J connectivity index is 2.15. The van der Waals surface area contributed by atoms with Gasteiger partial charge < -0.3 is 20.4 Å². The first-order valence-corrected chi connectivity index (χ1v) is 8.19. The largest absolute Gasteiger partial charge is 0.492 e. The minimum Gasteiger partial charge on any atom is -0.492 e. The third kappa shape index (κ3) is 4.28. The Morgan fingerprint density at radius 3 is 2.90 bits per heavy atom. The maximum Gasteiger partial charge on any atom is 0.174 e. The highest BCUT2D eigenvalue weighted by molar-refractivity contribution is 7.99. The topological polar surface area (TPSA) is 77.1 Å². The summed E-state index contributed by atoms with van der Waals surface area (Å²) in [4.78, 5) is 0.970. The van der Waals surface area contributed by atoms with E-state index in [1.165, 1.54) is 0 Å². The fraction of sp³-hybridized carbons (Fsp3) is 0.533. The number of nitrogens with two attached hydrogens (primary N) is 1. The lowest BCUT2D eigenvalue weighted by Gasteiger charge is -2.23. The van der Waals surface area contributed by atoms with E-state index in [0.29, 0.717) is 23.8 Å². The van der Waals surface area contributed by atoms with Crippen molar-refractivity contribution in [2.45, 2.75) is 24.7 Å². The summed E-state index contributed by atoms with van der Waals surface area (Å²) in [7, 11) is 0. The van der Waals surface area contributed by atoms with Crippen LogP contribution in [0.2, 0.25) is 0 Å². The van der Waals surface area contributed by atoms with E-state index in [9.17, 15) is 0 Å². The predicted octanol–water partition coefficient (Wildman–Crippen LogP) is 2.70. The first-order chi connectivity index (χ1) is 10.3. The third-order valence-corrected chi connectivity index (χ3v) is 4.41. The van der Waals surface area contributed by atoms with Gasteiger partial charge in [0.05, 0.1) is 12.2 Å². The lowest BCUT2D eigenvalue weighted by atomic mass is 10.0. The smallest absolute Gasteiger partial charge is 0.174 e. The summed E-state index contributed by atoms with van der Waals surface area (Å²) >= 11 is 1.65. The first-order valence-electron chi connectivity index (χ1n) is 7.20. The number of nitrogens with zero attached hydrogens (tertiary/aromatic N) is 1. The van der Waals surface area contributed by atoms with E-state index in [1.54, 1.807) is 11.8 Å². The number of benzene rings is 1. The zero-order valence-electron chi connectivity index (χ0n) is 12.2. The second-order valence-electron chi connectivity index (χ2n) is 4.91. The number of oxime groups is 1. The van der Waals surface area contributed by atoms with Gasteiger partial charge in [-0.15, -0.1) is 11.8 Å². The standard InChI is InChI=1S/C15H22N2O3S/c1-2-21-13-5-3-4-12(14(13)15(16)17-18)20-10-11-6-8-19-9-7-11/h3-5,11,18H,2,6-10H2,1H3,(H2,16,17). The second-order valence-corrected chi connectivity index (χ2v) is 6.22. The zero-order chi connectivity index (χ0) is 15.1. The molecule has 6 heteroatoms. The quantitative estimate of drug-likeness (QED) is 0.278. The maximum absolute atomic E-state index is 9.00. The van der Waals surface area contributed by atoms with Crippen LogP contribution in [0.25, 0.3) is 0 Å². The molecule has 1 aromatic carbocycles. The molecule has 0 unspecified atom stereocenters. The SMILES string of the molecule is CCSc1cccc(OCC2CCOCC2)c1/C(N)=N/O. The van der Waals surface area contributed by atoms with Crippen molar-refractivity contribution in [1.82, 2.24) is 0 Å². The molecule has 0 spiro atoms. The molecule has 21 heavy (non-hydrogen) atoms. The summed E-state index contributed by atoms with van der Waals surface area (Å²) in [5.41, 5.74) is 6.50. The zero-order valence-corrected chi connectivity index (χ0v) is 13.1. The molecule has 0 atom stereocenters. The number of hydrogen-bond donors (Lipinski definition) is 2. The average molecular weight is 310 g/mol. The van der Waals surface area contributed by atoms with Crippen molar-refractivity contribution in [1.29, 1.82) is 0 Å². The van der Waals surface area contributed by atoms with Gasteiger partial charge in [-0.3, -0.25) is 0 Å². The fourth-order valence-corrected chi connectivity index (χ4v) is 3.17. The third-order valence-electron chi connectivity index (χ3n) is 3.47. The summed E-state index contributed by atoms with van der Waals surface area (Å²) < 4.78 is 11.3.